The maximum atomic E-state index is 12.5. The molecule has 3 nitrogen and oxygen atoms in total. The van der Waals surface area contributed by atoms with Crippen LogP contribution in [-0.4, -0.2) is 17.6 Å². The smallest absolute Gasteiger partial charge is 0.411 e. The van der Waals surface area contributed by atoms with Crippen LogP contribution in [0.3, 0.4) is 0 Å². The number of carbonyl (C=O) groups excluding carboxylic acids is 1. The quantitative estimate of drug-likeness (QED) is 0.912. The second kappa shape index (κ2) is 3.51. The minimum Gasteiger partial charge on any atom is -0.457 e. The summed E-state index contributed by atoms with van der Waals surface area (Å²) in [5.74, 6) is -0.782. The lowest BCUT2D eigenvalue weighted by Gasteiger charge is -2.20. The van der Waals surface area contributed by atoms with Crippen LogP contribution in [-0.2, 0) is 0 Å². The molecular weight excluding hydrogens is 291 g/mol. The molecule has 0 aromatic carbocycles. The first-order valence-electron chi connectivity index (χ1n) is 4.48. The highest BCUT2D eigenvalue weighted by Gasteiger charge is 2.64. The van der Waals surface area contributed by atoms with Gasteiger partial charge in [-0.2, -0.15) is 13.2 Å². The molecule has 0 unspecified atom stereocenters. The van der Waals surface area contributed by atoms with Gasteiger partial charge in [0.2, 0.25) is 0 Å². The summed E-state index contributed by atoms with van der Waals surface area (Å²) in [4.78, 5) is 11.5. The van der Waals surface area contributed by atoms with Crippen LogP contribution in [0.2, 0.25) is 0 Å². The van der Waals surface area contributed by atoms with Gasteiger partial charge < -0.3 is 9.73 Å². The Bertz CT molecular complexity index is 423. The molecule has 0 saturated heterocycles. The second-order valence-electron chi connectivity index (χ2n) is 3.64. The number of halogens is 4. The first-order chi connectivity index (χ1) is 7.36. The zero-order valence-electron chi connectivity index (χ0n) is 7.90. The van der Waals surface area contributed by atoms with Crippen molar-refractivity contribution in [3.8, 4) is 0 Å². The number of carbonyl (C=O) groups is 1. The second-order valence-corrected chi connectivity index (χ2v) is 4.36. The fraction of sp³-hybridized carbons (Fsp3) is 0.444. The Kier molecular flexibility index (Phi) is 2.52. The van der Waals surface area contributed by atoms with Crippen LogP contribution in [0.15, 0.2) is 21.4 Å². The molecule has 0 bridgehead atoms. The monoisotopic (exact) mass is 297 g/mol. The standard InChI is InChI=1S/C9H7BrF3NO2/c10-6-5(1-4-16-6)7(15)14-8(2-3-8)9(11,12)13/h1,4H,2-3H2,(H,14,15). The van der Waals surface area contributed by atoms with Crippen LogP contribution in [0.4, 0.5) is 13.2 Å². The maximum absolute atomic E-state index is 12.5. The molecule has 1 N–H and O–H groups in total. The third-order valence-corrected chi connectivity index (χ3v) is 3.12. The molecule has 1 aliphatic rings. The lowest BCUT2D eigenvalue weighted by Crippen LogP contribution is -2.47. The van der Waals surface area contributed by atoms with E-state index in [1.165, 1.54) is 12.3 Å². The van der Waals surface area contributed by atoms with E-state index < -0.39 is 17.6 Å². The van der Waals surface area contributed by atoms with Crippen molar-refractivity contribution in [2.75, 3.05) is 0 Å². The Balaban J connectivity index is 2.13. The van der Waals surface area contributed by atoms with Crippen LogP contribution in [0, 0.1) is 0 Å². The molecule has 0 aliphatic heterocycles. The van der Waals surface area contributed by atoms with Gasteiger partial charge >= 0.3 is 6.18 Å². The SMILES string of the molecule is O=C(NC1(C(F)(F)F)CC1)c1ccoc1Br. The number of alkyl halides is 3. The minimum atomic E-state index is -4.40. The van der Waals surface area contributed by atoms with Gasteiger partial charge in [0.15, 0.2) is 4.67 Å². The topological polar surface area (TPSA) is 42.2 Å². The van der Waals surface area contributed by atoms with E-state index in [4.69, 9.17) is 4.42 Å². The summed E-state index contributed by atoms with van der Waals surface area (Å²) in [6.07, 6.45) is -3.32. The molecule has 1 fully saturated rings. The highest BCUT2D eigenvalue weighted by molar-refractivity contribution is 9.10. The normalized spacial score (nSPS) is 18.2. The molecule has 1 aromatic rings. The van der Waals surface area contributed by atoms with E-state index in [2.05, 4.69) is 15.9 Å². The van der Waals surface area contributed by atoms with Crippen molar-refractivity contribution in [2.45, 2.75) is 24.6 Å². The van der Waals surface area contributed by atoms with E-state index in [-0.39, 0.29) is 23.1 Å². The van der Waals surface area contributed by atoms with Gasteiger partial charge in [-0.15, -0.1) is 0 Å². The third-order valence-electron chi connectivity index (χ3n) is 2.51. The minimum absolute atomic E-state index is 0.0653. The number of furan rings is 1. The summed E-state index contributed by atoms with van der Waals surface area (Å²) in [6, 6.07) is 1.31. The molecule has 1 aliphatic carbocycles. The predicted octanol–water partition coefficient (Wildman–Crippen LogP) is 2.87. The van der Waals surface area contributed by atoms with Crippen molar-refractivity contribution in [1.29, 1.82) is 0 Å². The summed E-state index contributed by atoms with van der Waals surface area (Å²) < 4.78 is 42.6. The largest absolute Gasteiger partial charge is 0.457 e. The summed E-state index contributed by atoms with van der Waals surface area (Å²) in [5, 5.41) is 2.00. The van der Waals surface area contributed by atoms with Gasteiger partial charge in [0.25, 0.3) is 5.91 Å². The molecule has 1 heterocycles. The van der Waals surface area contributed by atoms with Crippen LogP contribution in [0.25, 0.3) is 0 Å². The predicted molar refractivity (Wildman–Crippen MR) is 51.9 cm³/mol. The first kappa shape index (κ1) is 11.5. The van der Waals surface area contributed by atoms with Crippen LogP contribution < -0.4 is 5.32 Å². The molecule has 0 atom stereocenters. The molecule has 1 aromatic heterocycles. The zero-order valence-corrected chi connectivity index (χ0v) is 9.48. The van der Waals surface area contributed by atoms with Crippen molar-refractivity contribution in [2.24, 2.45) is 0 Å². The highest BCUT2D eigenvalue weighted by Crippen LogP contribution is 2.49. The van der Waals surface area contributed by atoms with Gasteiger partial charge in [-0.1, -0.05) is 0 Å². The number of amides is 1. The van der Waals surface area contributed by atoms with Gasteiger partial charge in [0.05, 0.1) is 11.8 Å². The van der Waals surface area contributed by atoms with Crippen molar-refractivity contribution >= 4 is 21.8 Å². The van der Waals surface area contributed by atoms with E-state index in [0.717, 1.165) is 0 Å². The number of hydrogen-bond acceptors (Lipinski definition) is 2. The average molecular weight is 298 g/mol. The average Bonchev–Trinajstić information content (AvgIpc) is 2.81. The molecule has 7 heteroatoms. The van der Waals surface area contributed by atoms with E-state index in [1.54, 1.807) is 0 Å². The Morgan fingerprint density at radius 3 is 2.50 bits per heavy atom. The highest BCUT2D eigenvalue weighted by atomic mass is 79.9. The Hall–Kier alpha value is -0.980. The third kappa shape index (κ3) is 1.83. The van der Waals surface area contributed by atoms with Gasteiger partial charge in [0, 0.05) is 0 Å². The number of rotatable bonds is 2. The zero-order chi connectivity index (χ0) is 12.0. The fourth-order valence-corrected chi connectivity index (χ4v) is 1.76. The molecule has 88 valence electrons. The van der Waals surface area contributed by atoms with Crippen molar-refractivity contribution in [3.05, 3.63) is 22.6 Å². The van der Waals surface area contributed by atoms with E-state index in [0.29, 0.717) is 0 Å². The van der Waals surface area contributed by atoms with Gasteiger partial charge in [-0.3, -0.25) is 4.79 Å². The first-order valence-corrected chi connectivity index (χ1v) is 5.27. The molecule has 2 rings (SSSR count). The van der Waals surface area contributed by atoms with Gasteiger partial charge in [0.1, 0.15) is 5.54 Å². The molecular formula is C9H7BrF3NO2. The van der Waals surface area contributed by atoms with Crippen molar-refractivity contribution < 1.29 is 22.4 Å². The van der Waals surface area contributed by atoms with Crippen LogP contribution >= 0.6 is 15.9 Å². The lowest BCUT2D eigenvalue weighted by atomic mass is 10.2. The number of hydrogen-bond donors (Lipinski definition) is 1. The Labute approximate surface area is 97.1 Å². The Morgan fingerprint density at radius 2 is 2.12 bits per heavy atom. The maximum Gasteiger partial charge on any atom is 0.411 e. The molecule has 1 saturated carbocycles. The molecule has 1 amide bonds. The van der Waals surface area contributed by atoms with Crippen LogP contribution in [0.5, 0.6) is 0 Å². The van der Waals surface area contributed by atoms with Crippen LogP contribution in [0.1, 0.15) is 23.2 Å². The Morgan fingerprint density at radius 1 is 1.50 bits per heavy atom. The van der Waals surface area contributed by atoms with Gasteiger partial charge in [-0.05, 0) is 34.8 Å². The lowest BCUT2D eigenvalue weighted by molar-refractivity contribution is -0.163. The summed E-state index contributed by atoms with van der Waals surface area (Å²) >= 11 is 2.94. The fourth-order valence-electron chi connectivity index (χ4n) is 1.34. The molecule has 0 radical (unpaired) electrons. The summed E-state index contributed by atoms with van der Waals surface area (Å²) in [5.41, 5.74) is -1.98. The molecule has 0 spiro atoms. The summed E-state index contributed by atoms with van der Waals surface area (Å²) in [7, 11) is 0. The summed E-state index contributed by atoms with van der Waals surface area (Å²) in [6.45, 7) is 0. The number of nitrogens with one attached hydrogen (secondary N) is 1. The van der Waals surface area contributed by atoms with E-state index in [9.17, 15) is 18.0 Å². The van der Waals surface area contributed by atoms with Crippen molar-refractivity contribution in [1.82, 2.24) is 5.32 Å². The van der Waals surface area contributed by atoms with Gasteiger partial charge in [-0.25, -0.2) is 0 Å². The molecule has 16 heavy (non-hydrogen) atoms. The van der Waals surface area contributed by atoms with E-state index in [1.807, 2.05) is 5.32 Å². The van der Waals surface area contributed by atoms with E-state index >= 15 is 0 Å². The van der Waals surface area contributed by atoms with Crippen molar-refractivity contribution in [3.63, 3.8) is 0 Å².